The highest BCUT2D eigenvalue weighted by molar-refractivity contribution is 9.10. The van der Waals surface area contributed by atoms with Crippen molar-refractivity contribution in [3.8, 4) is 0 Å². The average Bonchev–Trinajstić information content (AvgIpc) is 2.92. The van der Waals surface area contributed by atoms with Crippen molar-refractivity contribution in [2.75, 3.05) is 39.3 Å². The summed E-state index contributed by atoms with van der Waals surface area (Å²) in [6, 6.07) is 6.52. The third-order valence-electron chi connectivity index (χ3n) is 5.13. The summed E-state index contributed by atoms with van der Waals surface area (Å²) in [5.74, 6) is -0.811. The molecule has 2 fully saturated rings. The number of urea groups is 1. The minimum Gasteiger partial charge on any atom is -0.450 e. The predicted octanol–water partition coefficient (Wildman–Crippen LogP) is 1.52. The zero-order valence-corrected chi connectivity index (χ0v) is 17.9. The molecule has 10 heteroatoms. The van der Waals surface area contributed by atoms with Crippen LogP contribution in [0, 0.1) is 0 Å². The first kappa shape index (κ1) is 21.1. The lowest BCUT2D eigenvalue weighted by atomic mass is 9.92. The Bertz CT molecular complexity index is 840. The third-order valence-corrected chi connectivity index (χ3v) is 5.62. The van der Waals surface area contributed by atoms with E-state index in [4.69, 9.17) is 4.74 Å². The molecular weight excluding hydrogens is 444 g/mol. The van der Waals surface area contributed by atoms with Gasteiger partial charge in [0.2, 0.25) is 5.91 Å². The second-order valence-electron chi connectivity index (χ2n) is 7.02. The number of nitrogens with zero attached hydrogens (tertiary/aromatic N) is 3. The number of hydrogen-bond donors (Lipinski definition) is 1. The van der Waals surface area contributed by atoms with Gasteiger partial charge in [-0.3, -0.25) is 14.5 Å². The topological polar surface area (TPSA) is 99.3 Å². The molecule has 2 heterocycles. The van der Waals surface area contributed by atoms with E-state index in [-0.39, 0.29) is 12.5 Å². The number of rotatable bonds is 4. The predicted molar refractivity (Wildman–Crippen MR) is 107 cm³/mol. The number of ether oxygens (including phenoxy) is 1. The number of halogens is 1. The van der Waals surface area contributed by atoms with Crippen LogP contribution in [0.15, 0.2) is 28.7 Å². The smallest absolute Gasteiger partial charge is 0.409 e. The summed E-state index contributed by atoms with van der Waals surface area (Å²) in [6.07, 6.45) is -0.404. The van der Waals surface area contributed by atoms with Crippen LogP contribution in [0.4, 0.5) is 9.59 Å². The van der Waals surface area contributed by atoms with Gasteiger partial charge in [0, 0.05) is 30.7 Å². The van der Waals surface area contributed by atoms with Gasteiger partial charge in [0.1, 0.15) is 12.1 Å². The van der Waals surface area contributed by atoms with Crippen LogP contribution in [0.2, 0.25) is 0 Å². The molecule has 0 saturated carbocycles. The summed E-state index contributed by atoms with van der Waals surface area (Å²) in [6.45, 7) is 4.65. The maximum Gasteiger partial charge on any atom is 0.409 e. The number of piperazine rings is 1. The molecule has 0 radical (unpaired) electrons. The molecule has 1 aromatic rings. The Morgan fingerprint density at radius 3 is 2.45 bits per heavy atom. The molecule has 1 N–H and O–H groups in total. The van der Waals surface area contributed by atoms with Crippen molar-refractivity contribution in [2.24, 2.45) is 0 Å². The van der Waals surface area contributed by atoms with Crippen molar-refractivity contribution in [2.45, 2.75) is 19.4 Å². The van der Waals surface area contributed by atoms with E-state index in [9.17, 15) is 19.2 Å². The standard InChI is InChI=1S/C19H23BrN4O5/c1-3-29-18(28)23-9-7-22(8-10-23)15(25)12-24-16(26)19(2,21-17(24)27)13-5-4-6-14(20)11-13/h4-6,11H,3,7-10,12H2,1-2H3,(H,21,27). The number of imide groups is 1. The van der Waals surface area contributed by atoms with Crippen molar-refractivity contribution < 1.29 is 23.9 Å². The minimum absolute atomic E-state index is 0.293. The summed E-state index contributed by atoms with van der Waals surface area (Å²) in [4.78, 5) is 53.8. The third kappa shape index (κ3) is 4.21. The summed E-state index contributed by atoms with van der Waals surface area (Å²) in [5, 5.41) is 2.69. The van der Waals surface area contributed by atoms with E-state index in [1.807, 2.05) is 6.07 Å². The van der Waals surface area contributed by atoms with E-state index in [1.165, 1.54) is 4.90 Å². The second kappa shape index (κ2) is 8.40. The quantitative estimate of drug-likeness (QED) is 0.678. The molecule has 0 bridgehead atoms. The number of nitrogens with one attached hydrogen (secondary N) is 1. The number of carbonyl (C=O) groups is 4. The van der Waals surface area contributed by atoms with E-state index < -0.39 is 23.6 Å². The van der Waals surface area contributed by atoms with E-state index in [2.05, 4.69) is 21.2 Å². The van der Waals surface area contributed by atoms with E-state index in [0.29, 0.717) is 38.3 Å². The number of amides is 5. The van der Waals surface area contributed by atoms with Crippen LogP contribution in [0.3, 0.4) is 0 Å². The van der Waals surface area contributed by atoms with Gasteiger partial charge in [-0.25, -0.2) is 9.59 Å². The minimum atomic E-state index is -1.23. The van der Waals surface area contributed by atoms with Crippen LogP contribution >= 0.6 is 15.9 Å². The number of carbonyl (C=O) groups excluding carboxylic acids is 4. The van der Waals surface area contributed by atoms with Gasteiger partial charge in [0.25, 0.3) is 5.91 Å². The van der Waals surface area contributed by atoms with Gasteiger partial charge in [-0.1, -0.05) is 28.1 Å². The Balaban J connectivity index is 1.63. The van der Waals surface area contributed by atoms with Crippen molar-refractivity contribution in [1.29, 1.82) is 0 Å². The highest BCUT2D eigenvalue weighted by atomic mass is 79.9. The van der Waals surface area contributed by atoms with Crippen molar-refractivity contribution in [3.05, 3.63) is 34.3 Å². The lowest BCUT2D eigenvalue weighted by Gasteiger charge is -2.34. The molecule has 2 aliphatic heterocycles. The van der Waals surface area contributed by atoms with Gasteiger partial charge in [0.05, 0.1) is 6.61 Å². The fraction of sp³-hybridized carbons (Fsp3) is 0.474. The molecule has 1 atom stereocenters. The molecule has 29 heavy (non-hydrogen) atoms. The molecule has 5 amide bonds. The molecule has 0 aromatic heterocycles. The molecule has 2 saturated heterocycles. The van der Waals surface area contributed by atoms with E-state index >= 15 is 0 Å². The normalized spacial score (nSPS) is 22.0. The Morgan fingerprint density at radius 1 is 1.17 bits per heavy atom. The SMILES string of the molecule is CCOC(=O)N1CCN(C(=O)CN2C(=O)NC(C)(c3cccc(Br)c3)C2=O)CC1. The van der Waals surface area contributed by atoms with E-state index in [0.717, 1.165) is 9.37 Å². The van der Waals surface area contributed by atoms with Crippen molar-refractivity contribution in [3.63, 3.8) is 0 Å². The zero-order valence-electron chi connectivity index (χ0n) is 16.3. The maximum atomic E-state index is 13.0. The Labute approximate surface area is 177 Å². The first-order valence-corrected chi connectivity index (χ1v) is 10.1. The maximum absolute atomic E-state index is 13.0. The highest BCUT2D eigenvalue weighted by Gasteiger charge is 2.49. The van der Waals surface area contributed by atoms with Crippen LogP contribution in [-0.4, -0.2) is 78.0 Å². The second-order valence-corrected chi connectivity index (χ2v) is 7.94. The molecule has 0 aliphatic carbocycles. The monoisotopic (exact) mass is 466 g/mol. The molecular formula is C19H23BrN4O5. The van der Waals surface area contributed by atoms with Crippen LogP contribution in [-0.2, 0) is 19.9 Å². The Morgan fingerprint density at radius 2 is 1.83 bits per heavy atom. The average molecular weight is 467 g/mol. The van der Waals surface area contributed by atoms with Gasteiger partial charge in [0.15, 0.2) is 0 Å². The summed E-state index contributed by atoms with van der Waals surface area (Å²) < 4.78 is 5.75. The summed E-state index contributed by atoms with van der Waals surface area (Å²) >= 11 is 3.37. The van der Waals surface area contributed by atoms with Crippen LogP contribution < -0.4 is 5.32 Å². The molecule has 156 valence electrons. The van der Waals surface area contributed by atoms with Gasteiger partial charge in [-0.2, -0.15) is 0 Å². The number of benzene rings is 1. The first-order chi connectivity index (χ1) is 13.8. The largest absolute Gasteiger partial charge is 0.450 e. The molecule has 9 nitrogen and oxygen atoms in total. The molecule has 0 spiro atoms. The van der Waals surface area contributed by atoms with Crippen molar-refractivity contribution >= 4 is 39.9 Å². The highest BCUT2D eigenvalue weighted by Crippen LogP contribution is 2.30. The zero-order chi connectivity index (χ0) is 21.2. The molecule has 3 rings (SSSR count). The Kier molecular flexibility index (Phi) is 6.11. The molecule has 2 aliphatic rings. The molecule has 1 unspecified atom stereocenters. The van der Waals surface area contributed by atoms with Gasteiger partial charge in [-0.15, -0.1) is 0 Å². The molecule has 1 aromatic carbocycles. The fourth-order valence-corrected chi connectivity index (χ4v) is 3.82. The number of hydrogen-bond acceptors (Lipinski definition) is 5. The van der Waals surface area contributed by atoms with Gasteiger partial charge >= 0.3 is 12.1 Å². The lowest BCUT2D eigenvalue weighted by molar-refractivity contribution is -0.139. The van der Waals surface area contributed by atoms with Crippen LogP contribution in [0.5, 0.6) is 0 Å². The Hall–Kier alpha value is -2.62. The summed E-state index contributed by atoms with van der Waals surface area (Å²) in [5.41, 5.74) is -0.604. The lowest BCUT2D eigenvalue weighted by Crippen LogP contribution is -2.53. The van der Waals surface area contributed by atoms with Gasteiger partial charge < -0.3 is 19.9 Å². The first-order valence-electron chi connectivity index (χ1n) is 9.36. The fourth-order valence-electron chi connectivity index (χ4n) is 3.42. The van der Waals surface area contributed by atoms with Gasteiger partial charge in [-0.05, 0) is 31.5 Å². The van der Waals surface area contributed by atoms with Crippen LogP contribution in [0.1, 0.15) is 19.4 Å². The van der Waals surface area contributed by atoms with Crippen LogP contribution in [0.25, 0.3) is 0 Å². The van der Waals surface area contributed by atoms with E-state index in [1.54, 1.807) is 36.9 Å². The summed E-state index contributed by atoms with van der Waals surface area (Å²) in [7, 11) is 0. The van der Waals surface area contributed by atoms with Crippen molar-refractivity contribution in [1.82, 2.24) is 20.0 Å².